The summed E-state index contributed by atoms with van der Waals surface area (Å²) in [5, 5.41) is 2.72. The Hall–Kier alpha value is -2.76. The van der Waals surface area contributed by atoms with E-state index in [9.17, 15) is 9.18 Å². The van der Waals surface area contributed by atoms with Gasteiger partial charge in [0.05, 0.1) is 19.8 Å². The van der Waals surface area contributed by atoms with Crippen molar-refractivity contribution in [2.75, 3.05) is 26.5 Å². The van der Waals surface area contributed by atoms with Crippen LogP contribution < -0.4 is 20.5 Å². The second-order valence-electron chi connectivity index (χ2n) is 4.93. The molecule has 0 saturated carbocycles. The average Bonchev–Trinajstić information content (AvgIpc) is 2.56. The minimum atomic E-state index is -0.496. The van der Waals surface area contributed by atoms with E-state index >= 15 is 0 Å². The third kappa shape index (κ3) is 4.12. The van der Waals surface area contributed by atoms with Gasteiger partial charge in [0.1, 0.15) is 5.82 Å². The Labute approximate surface area is 134 Å². The second kappa shape index (κ2) is 7.49. The molecule has 3 N–H and O–H groups in total. The first-order chi connectivity index (χ1) is 11.0. The number of nitrogen functional groups attached to an aromatic ring is 1. The average molecular weight is 318 g/mol. The van der Waals surface area contributed by atoms with Crippen LogP contribution in [-0.4, -0.2) is 26.7 Å². The molecule has 2 aromatic rings. The molecule has 2 rings (SSSR count). The van der Waals surface area contributed by atoms with Gasteiger partial charge < -0.3 is 20.5 Å². The fourth-order valence-electron chi connectivity index (χ4n) is 2.18. The number of carbonyl (C=O) groups excluding carboxylic acids is 1. The molecule has 0 aliphatic heterocycles. The summed E-state index contributed by atoms with van der Waals surface area (Å²) >= 11 is 0. The van der Waals surface area contributed by atoms with E-state index in [4.69, 9.17) is 15.2 Å². The van der Waals surface area contributed by atoms with Crippen LogP contribution in [0.2, 0.25) is 0 Å². The van der Waals surface area contributed by atoms with Gasteiger partial charge in [0.25, 0.3) is 5.91 Å². The largest absolute Gasteiger partial charge is 0.493 e. The summed E-state index contributed by atoms with van der Waals surface area (Å²) < 4.78 is 23.6. The lowest BCUT2D eigenvalue weighted by Crippen LogP contribution is -2.26. The first kappa shape index (κ1) is 16.6. The van der Waals surface area contributed by atoms with E-state index in [1.807, 2.05) is 12.1 Å². The predicted molar refractivity (Wildman–Crippen MR) is 86.4 cm³/mol. The van der Waals surface area contributed by atoms with Crippen molar-refractivity contribution in [2.45, 2.75) is 6.42 Å². The maximum Gasteiger partial charge on any atom is 0.253 e. The first-order valence-electron chi connectivity index (χ1n) is 7.09. The molecule has 0 radical (unpaired) electrons. The van der Waals surface area contributed by atoms with Gasteiger partial charge in [-0.1, -0.05) is 6.07 Å². The van der Waals surface area contributed by atoms with E-state index in [-0.39, 0.29) is 11.3 Å². The van der Waals surface area contributed by atoms with Crippen molar-refractivity contribution in [1.82, 2.24) is 5.32 Å². The van der Waals surface area contributed by atoms with E-state index in [1.54, 1.807) is 20.3 Å². The molecule has 0 aliphatic rings. The van der Waals surface area contributed by atoms with Crippen molar-refractivity contribution in [3.8, 4) is 11.5 Å². The van der Waals surface area contributed by atoms with Gasteiger partial charge in [0.2, 0.25) is 0 Å². The molecule has 0 aromatic heterocycles. The maximum atomic E-state index is 13.2. The molecule has 0 aliphatic carbocycles. The summed E-state index contributed by atoms with van der Waals surface area (Å²) in [7, 11) is 3.14. The molecule has 23 heavy (non-hydrogen) atoms. The van der Waals surface area contributed by atoms with Crippen LogP contribution in [0.3, 0.4) is 0 Å². The van der Waals surface area contributed by atoms with Crippen LogP contribution in [0.15, 0.2) is 36.4 Å². The van der Waals surface area contributed by atoms with E-state index < -0.39 is 11.7 Å². The Morgan fingerprint density at radius 1 is 1.13 bits per heavy atom. The number of anilines is 1. The van der Waals surface area contributed by atoms with Crippen LogP contribution in [0.25, 0.3) is 0 Å². The second-order valence-corrected chi connectivity index (χ2v) is 4.93. The number of carbonyl (C=O) groups is 1. The Bertz CT molecular complexity index is 704. The Kier molecular flexibility index (Phi) is 5.41. The van der Waals surface area contributed by atoms with Crippen LogP contribution in [0.1, 0.15) is 15.9 Å². The smallest absolute Gasteiger partial charge is 0.253 e. The Morgan fingerprint density at radius 3 is 2.57 bits per heavy atom. The van der Waals surface area contributed by atoms with Crippen LogP contribution >= 0.6 is 0 Å². The standard InChI is InChI=1S/C17H19FN2O3/c1-22-15-6-3-11(9-16(15)23-2)7-8-20-17(21)13-10-12(18)4-5-14(13)19/h3-6,9-10H,7-8,19H2,1-2H3,(H,20,21). The number of rotatable bonds is 6. The highest BCUT2D eigenvalue weighted by Crippen LogP contribution is 2.27. The number of methoxy groups -OCH3 is 2. The first-order valence-corrected chi connectivity index (χ1v) is 7.09. The summed E-state index contributed by atoms with van der Waals surface area (Å²) in [6.45, 7) is 0.393. The highest BCUT2D eigenvalue weighted by molar-refractivity contribution is 5.99. The normalized spacial score (nSPS) is 10.2. The number of nitrogens with one attached hydrogen (secondary N) is 1. The van der Waals surface area contributed by atoms with E-state index in [0.29, 0.717) is 24.5 Å². The van der Waals surface area contributed by atoms with Gasteiger partial charge in [0, 0.05) is 12.2 Å². The molecule has 0 heterocycles. The van der Waals surface area contributed by atoms with Crippen LogP contribution in [-0.2, 0) is 6.42 Å². The van der Waals surface area contributed by atoms with Crippen molar-refractivity contribution >= 4 is 11.6 Å². The fourth-order valence-corrected chi connectivity index (χ4v) is 2.18. The number of nitrogens with two attached hydrogens (primary N) is 1. The van der Waals surface area contributed by atoms with Gasteiger partial charge >= 0.3 is 0 Å². The zero-order valence-corrected chi connectivity index (χ0v) is 13.1. The van der Waals surface area contributed by atoms with Gasteiger partial charge in [-0.05, 0) is 42.3 Å². The molecule has 5 nitrogen and oxygen atoms in total. The molecule has 6 heteroatoms. The summed E-state index contributed by atoms with van der Waals surface area (Å²) in [6, 6.07) is 9.27. The van der Waals surface area contributed by atoms with Gasteiger partial charge in [-0.3, -0.25) is 4.79 Å². The molecule has 1 amide bonds. The molecule has 0 fully saturated rings. The van der Waals surface area contributed by atoms with Crippen LogP contribution in [0.5, 0.6) is 11.5 Å². The predicted octanol–water partition coefficient (Wildman–Crippen LogP) is 2.40. The summed E-state index contributed by atoms with van der Waals surface area (Å²) in [5.41, 5.74) is 7.05. The highest BCUT2D eigenvalue weighted by Gasteiger charge is 2.11. The Morgan fingerprint density at radius 2 is 1.87 bits per heavy atom. The number of halogens is 1. The molecule has 0 bridgehead atoms. The molecule has 0 unspecified atom stereocenters. The van der Waals surface area contributed by atoms with E-state index in [0.717, 1.165) is 11.6 Å². The molecule has 2 aromatic carbocycles. The number of amides is 1. The highest BCUT2D eigenvalue weighted by atomic mass is 19.1. The number of hydrogen-bond donors (Lipinski definition) is 2. The maximum absolute atomic E-state index is 13.2. The molecule has 122 valence electrons. The lowest BCUT2D eigenvalue weighted by atomic mass is 10.1. The van der Waals surface area contributed by atoms with E-state index in [2.05, 4.69) is 5.32 Å². The van der Waals surface area contributed by atoms with Crippen molar-refractivity contribution in [3.63, 3.8) is 0 Å². The monoisotopic (exact) mass is 318 g/mol. The SMILES string of the molecule is COc1ccc(CCNC(=O)c2cc(F)ccc2N)cc1OC. The topological polar surface area (TPSA) is 73.6 Å². The third-order valence-electron chi connectivity index (χ3n) is 3.41. The Balaban J connectivity index is 1.97. The number of hydrogen-bond acceptors (Lipinski definition) is 4. The van der Waals surface area contributed by atoms with Gasteiger partial charge in [-0.15, -0.1) is 0 Å². The fraction of sp³-hybridized carbons (Fsp3) is 0.235. The lowest BCUT2D eigenvalue weighted by Gasteiger charge is -2.10. The number of benzene rings is 2. The summed E-state index contributed by atoms with van der Waals surface area (Å²) in [6.07, 6.45) is 0.599. The molecular formula is C17H19FN2O3. The van der Waals surface area contributed by atoms with Crippen molar-refractivity contribution < 1.29 is 18.7 Å². The zero-order chi connectivity index (χ0) is 16.8. The lowest BCUT2D eigenvalue weighted by molar-refractivity contribution is 0.0954. The van der Waals surface area contributed by atoms with Crippen molar-refractivity contribution in [1.29, 1.82) is 0 Å². The van der Waals surface area contributed by atoms with Gasteiger partial charge in [-0.2, -0.15) is 0 Å². The van der Waals surface area contributed by atoms with Crippen molar-refractivity contribution in [3.05, 3.63) is 53.3 Å². The van der Waals surface area contributed by atoms with Gasteiger partial charge in [-0.25, -0.2) is 4.39 Å². The molecular weight excluding hydrogens is 299 g/mol. The summed E-state index contributed by atoms with van der Waals surface area (Å²) in [5.74, 6) is 0.380. The quantitative estimate of drug-likeness (QED) is 0.802. The molecule has 0 saturated heterocycles. The van der Waals surface area contributed by atoms with E-state index in [1.165, 1.54) is 12.1 Å². The van der Waals surface area contributed by atoms with Crippen LogP contribution in [0.4, 0.5) is 10.1 Å². The minimum absolute atomic E-state index is 0.136. The summed E-state index contributed by atoms with van der Waals surface area (Å²) in [4.78, 5) is 12.0. The zero-order valence-electron chi connectivity index (χ0n) is 13.1. The van der Waals surface area contributed by atoms with Crippen LogP contribution in [0, 0.1) is 5.82 Å². The van der Waals surface area contributed by atoms with Gasteiger partial charge in [0.15, 0.2) is 11.5 Å². The third-order valence-corrected chi connectivity index (χ3v) is 3.41. The number of ether oxygens (including phenoxy) is 2. The molecule has 0 atom stereocenters. The minimum Gasteiger partial charge on any atom is -0.493 e. The molecule has 0 spiro atoms. The van der Waals surface area contributed by atoms with Crippen molar-refractivity contribution in [2.24, 2.45) is 0 Å².